The van der Waals surface area contributed by atoms with Crippen LogP contribution >= 0.6 is 15.9 Å². The van der Waals surface area contributed by atoms with Gasteiger partial charge < -0.3 is 5.32 Å². The summed E-state index contributed by atoms with van der Waals surface area (Å²) < 4.78 is 0.888. The zero-order chi connectivity index (χ0) is 14.8. The third-order valence-corrected chi connectivity index (χ3v) is 5.17. The number of amides is 1. The summed E-state index contributed by atoms with van der Waals surface area (Å²) in [6, 6.07) is 14.5. The highest BCUT2D eigenvalue weighted by Gasteiger charge is 2.21. The first-order valence-electron chi connectivity index (χ1n) is 7.28. The van der Waals surface area contributed by atoms with Gasteiger partial charge in [0.2, 0.25) is 0 Å². The van der Waals surface area contributed by atoms with E-state index in [4.69, 9.17) is 0 Å². The maximum absolute atomic E-state index is 12.5. The second-order valence-corrected chi connectivity index (χ2v) is 6.41. The Balaban J connectivity index is 1.73. The number of benzene rings is 2. The molecule has 108 valence electrons. The summed E-state index contributed by atoms with van der Waals surface area (Å²) in [5.74, 6) is 0.00922. The first-order chi connectivity index (χ1) is 10.1. The van der Waals surface area contributed by atoms with E-state index in [2.05, 4.69) is 45.5 Å². The van der Waals surface area contributed by atoms with Gasteiger partial charge >= 0.3 is 0 Å². The first-order valence-corrected chi connectivity index (χ1v) is 8.07. The molecule has 0 fully saturated rings. The van der Waals surface area contributed by atoms with Crippen LogP contribution in [0.4, 0.5) is 0 Å². The average Bonchev–Trinajstić information content (AvgIpc) is 2.50. The van der Waals surface area contributed by atoms with Gasteiger partial charge in [-0.3, -0.25) is 4.79 Å². The molecule has 2 aromatic rings. The summed E-state index contributed by atoms with van der Waals surface area (Å²) in [6.45, 7) is 2.00. The third kappa shape index (κ3) is 3.03. The van der Waals surface area contributed by atoms with Crippen LogP contribution in [0.1, 0.15) is 33.5 Å². The first kappa shape index (κ1) is 14.3. The van der Waals surface area contributed by atoms with E-state index in [0.29, 0.717) is 5.56 Å². The molecule has 1 amide bonds. The summed E-state index contributed by atoms with van der Waals surface area (Å²) in [5, 5.41) is 3.18. The summed E-state index contributed by atoms with van der Waals surface area (Å²) in [4.78, 5) is 12.5. The zero-order valence-electron chi connectivity index (χ0n) is 12.0. The molecule has 3 rings (SSSR count). The van der Waals surface area contributed by atoms with Crippen molar-refractivity contribution in [1.29, 1.82) is 0 Å². The van der Waals surface area contributed by atoms with Crippen LogP contribution in [0.3, 0.4) is 0 Å². The maximum Gasteiger partial charge on any atom is 0.252 e. The molecule has 0 bridgehead atoms. The van der Waals surface area contributed by atoms with Crippen LogP contribution in [0.2, 0.25) is 0 Å². The van der Waals surface area contributed by atoms with Crippen molar-refractivity contribution in [2.75, 3.05) is 0 Å². The number of carbonyl (C=O) groups is 1. The largest absolute Gasteiger partial charge is 0.349 e. The topological polar surface area (TPSA) is 29.1 Å². The third-order valence-electron chi connectivity index (χ3n) is 4.12. The number of aryl methyl sites for hydroxylation is 2. The second-order valence-electron chi connectivity index (χ2n) is 5.62. The van der Waals surface area contributed by atoms with E-state index in [1.54, 1.807) is 0 Å². The Morgan fingerprint density at radius 3 is 2.71 bits per heavy atom. The fourth-order valence-corrected chi connectivity index (χ4v) is 3.35. The van der Waals surface area contributed by atoms with Crippen LogP contribution in [0.5, 0.6) is 0 Å². The minimum Gasteiger partial charge on any atom is -0.349 e. The molecule has 1 atom stereocenters. The van der Waals surface area contributed by atoms with Crippen LogP contribution in [0.25, 0.3) is 0 Å². The van der Waals surface area contributed by atoms with E-state index in [9.17, 15) is 4.79 Å². The van der Waals surface area contributed by atoms with E-state index < -0.39 is 0 Å². The van der Waals surface area contributed by atoms with Crippen molar-refractivity contribution >= 4 is 21.8 Å². The second kappa shape index (κ2) is 6.02. The Morgan fingerprint density at radius 2 is 1.90 bits per heavy atom. The van der Waals surface area contributed by atoms with Crippen molar-refractivity contribution in [3.05, 3.63) is 69.2 Å². The molecule has 1 aliphatic carbocycles. The lowest BCUT2D eigenvalue weighted by Gasteiger charge is -2.25. The van der Waals surface area contributed by atoms with Crippen molar-refractivity contribution in [2.24, 2.45) is 0 Å². The summed E-state index contributed by atoms with van der Waals surface area (Å²) >= 11 is 3.51. The van der Waals surface area contributed by atoms with Gasteiger partial charge in [-0.15, -0.1) is 0 Å². The van der Waals surface area contributed by atoms with Crippen LogP contribution in [0, 0.1) is 6.92 Å². The van der Waals surface area contributed by atoms with Gasteiger partial charge in [-0.25, -0.2) is 0 Å². The monoisotopic (exact) mass is 343 g/mol. The van der Waals surface area contributed by atoms with Crippen LogP contribution in [-0.4, -0.2) is 11.9 Å². The standard InChI is InChI=1S/C18H18BrNO/c1-12-5-4-8-16(17(12)19)18(21)20-15-10-9-13-6-2-3-7-14(13)11-15/h2-8,15H,9-11H2,1H3,(H,20,21). The summed E-state index contributed by atoms with van der Waals surface area (Å²) in [5.41, 5.74) is 4.57. The Morgan fingerprint density at radius 1 is 1.14 bits per heavy atom. The van der Waals surface area contributed by atoms with Gasteiger partial charge in [0.25, 0.3) is 5.91 Å². The van der Waals surface area contributed by atoms with Gasteiger partial charge in [0, 0.05) is 10.5 Å². The summed E-state index contributed by atoms with van der Waals surface area (Å²) in [6.07, 6.45) is 2.97. The maximum atomic E-state index is 12.5. The molecule has 2 aromatic carbocycles. The molecule has 0 aliphatic heterocycles. The Kier molecular flexibility index (Phi) is 4.11. The van der Waals surface area contributed by atoms with E-state index in [-0.39, 0.29) is 11.9 Å². The van der Waals surface area contributed by atoms with Crippen molar-refractivity contribution in [3.63, 3.8) is 0 Å². The molecule has 0 radical (unpaired) electrons. The van der Waals surface area contributed by atoms with Crippen molar-refractivity contribution in [1.82, 2.24) is 5.32 Å². The molecule has 0 heterocycles. The fourth-order valence-electron chi connectivity index (χ4n) is 2.91. The molecular weight excluding hydrogens is 326 g/mol. The smallest absolute Gasteiger partial charge is 0.252 e. The van der Waals surface area contributed by atoms with E-state index in [1.807, 2.05) is 25.1 Å². The fraction of sp³-hybridized carbons (Fsp3) is 0.278. The predicted molar refractivity (Wildman–Crippen MR) is 88.6 cm³/mol. The number of halogens is 1. The molecule has 1 aliphatic rings. The number of rotatable bonds is 2. The normalized spacial score (nSPS) is 17.1. The zero-order valence-corrected chi connectivity index (χ0v) is 13.6. The SMILES string of the molecule is Cc1cccc(C(=O)NC2CCc3ccccc3C2)c1Br. The Hall–Kier alpha value is -1.61. The van der Waals surface area contributed by atoms with Crippen LogP contribution in [-0.2, 0) is 12.8 Å². The van der Waals surface area contributed by atoms with Gasteiger partial charge in [0.1, 0.15) is 0 Å². The van der Waals surface area contributed by atoms with E-state index in [1.165, 1.54) is 11.1 Å². The van der Waals surface area contributed by atoms with Gasteiger partial charge in [0.05, 0.1) is 5.56 Å². The number of hydrogen-bond donors (Lipinski definition) is 1. The number of fused-ring (bicyclic) bond motifs is 1. The van der Waals surface area contributed by atoms with Gasteiger partial charge in [-0.2, -0.15) is 0 Å². The van der Waals surface area contributed by atoms with Crippen molar-refractivity contribution in [2.45, 2.75) is 32.2 Å². The van der Waals surface area contributed by atoms with Crippen molar-refractivity contribution in [3.8, 4) is 0 Å². The lowest BCUT2D eigenvalue weighted by Crippen LogP contribution is -2.39. The number of hydrogen-bond acceptors (Lipinski definition) is 1. The lowest BCUT2D eigenvalue weighted by molar-refractivity contribution is 0.0933. The minimum atomic E-state index is 0.00922. The molecule has 0 aromatic heterocycles. The highest BCUT2D eigenvalue weighted by atomic mass is 79.9. The van der Waals surface area contributed by atoms with E-state index >= 15 is 0 Å². The van der Waals surface area contributed by atoms with Crippen LogP contribution < -0.4 is 5.32 Å². The predicted octanol–water partition coefficient (Wildman–Crippen LogP) is 4.04. The average molecular weight is 344 g/mol. The molecule has 21 heavy (non-hydrogen) atoms. The van der Waals surface area contributed by atoms with Gasteiger partial charge in [-0.05, 0) is 64.9 Å². The molecule has 2 nitrogen and oxygen atoms in total. The molecule has 0 saturated carbocycles. The van der Waals surface area contributed by atoms with Crippen LogP contribution in [0.15, 0.2) is 46.9 Å². The van der Waals surface area contributed by atoms with Crippen molar-refractivity contribution < 1.29 is 4.79 Å². The minimum absolute atomic E-state index is 0.00922. The molecule has 0 spiro atoms. The van der Waals surface area contributed by atoms with E-state index in [0.717, 1.165) is 29.3 Å². The highest BCUT2D eigenvalue weighted by Crippen LogP contribution is 2.23. The summed E-state index contributed by atoms with van der Waals surface area (Å²) in [7, 11) is 0. The Bertz CT molecular complexity index is 681. The number of nitrogens with one attached hydrogen (secondary N) is 1. The molecule has 3 heteroatoms. The molecule has 1 N–H and O–H groups in total. The molecular formula is C18H18BrNO. The Labute approximate surface area is 133 Å². The quantitative estimate of drug-likeness (QED) is 0.875. The lowest BCUT2D eigenvalue weighted by atomic mass is 9.88. The highest BCUT2D eigenvalue weighted by molar-refractivity contribution is 9.10. The molecule has 0 saturated heterocycles. The molecule has 1 unspecified atom stereocenters. The number of carbonyl (C=O) groups excluding carboxylic acids is 1. The van der Waals surface area contributed by atoms with Gasteiger partial charge in [0.15, 0.2) is 0 Å². The van der Waals surface area contributed by atoms with Gasteiger partial charge in [-0.1, -0.05) is 36.4 Å².